The maximum Gasteiger partial charge on any atom is 0.295 e. The van der Waals surface area contributed by atoms with Crippen molar-refractivity contribution in [3.63, 3.8) is 0 Å². The molecular formula is C24H25NO5. The number of hydrogen-bond donors (Lipinski definition) is 1. The Labute approximate surface area is 175 Å². The molecule has 1 unspecified atom stereocenters. The van der Waals surface area contributed by atoms with Crippen LogP contribution in [-0.4, -0.2) is 41.5 Å². The third-order valence-corrected chi connectivity index (χ3v) is 5.53. The molecule has 2 heterocycles. The van der Waals surface area contributed by atoms with Gasteiger partial charge in [-0.15, -0.1) is 0 Å². The Morgan fingerprint density at radius 2 is 1.80 bits per heavy atom. The van der Waals surface area contributed by atoms with Gasteiger partial charge < -0.3 is 19.5 Å². The zero-order valence-corrected chi connectivity index (χ0v) is 17.4. The van der Waals surface area contributed by atoms with Crippen LogP contribution >= 0.6 is 0 Å². The molecule has 6 heteroatoms. The number of amides is 1. The number of aryl methyl sites for hydroxylation is 2. The monoisotopic (exact) mass is 407 g/mol. The van der Waals surface area contributed by atoms with Gasteiger partial charge >= 0.3 is 0 Å². The summed E-state index contributed by atoms with van der Waals surface area (Å²) in [5, 5.41) is 11.2. The Bertz CT molecular complexity index is 1060. The maximum atomic E-state index is 13.0. The minimum absolute atomic E-state index is 0.110. The van der Waals surface area contributed by atoms with E-state index in [1.54, 1.807) is 12.1 Å². The number of carbonyl (C=O) groups excluding carboxylic acids is 2. The molecule has 1 N–H and O–H groups in total. The summed E-state index contributed by atoms with van der Waals surface area (Å²) >= 11 is 0. The van der Waals surface area contributed by atoms with Crippen LogP contribution in [0.2, 0.25) is 0 Å². The highest BCUT2D eigenvalue weighted by Gasteiger charge is 2.46. The average Bonchev–Trinajstić information content (AvgIpc) is 3.00. The first-order chi connectivity index (χ1) is 14.4. The Kier molecular flexibility index (Phi) is 5.24. The van der Waals surface area contributed by atoms with Crippen molar-refractivity contribution in [3.8, 4) is 11.5 Å². The molecule has 2 aliphatic rings. The summed E-state index contributed by atoms with van der Waals surface area (Å²) in [4.78, 5) is 27.4. The van der Waals surface area contributed by atoms with Crippen LogP contribution in [0.3, 0.4) is 0 Å². The van der Waals surface area contributed by atoms with Gasteiger partial charge in [0, 0.05) is 12.1 Å². The second-order valence-electron chi connectivity index (χ2n) is 7.71. The normalized spacial score (nSPS) is 20.0. The van der Waals surface area contributed by atoms with Crippen molar-refractivity contribution >= 4 is 17.4 Å². The lowest BCUT2D eigenvalue weighted by atomic mass is 9.93. The second kappa shape index (κ2) is 7.86. The zero-order chi connectivity index (χ0) is 21.4. The van der Waals surface area contributed by atoms with E-state index in [1.165, 1.54) is 4.90 Å². The Morgan fingerprint density at radius 3 is 2.53 bits per heavy atom. The molecule has 0 radical (unpaired) electrons. The summed E-state index contributed by atoms with van der Waals surface area (Å²) in [7, 11) is 0. The van der Waals surface area contributed by atoms with E-state index in [-0.39, 0.29) is 11.3 Å². The van der Waals surface area contributed by atoms with Crippen LogP contribution < -0.4 is 9.47 Å². The third-order valence-electron chi connectivity index (χ3n) is 5.53. The smallest absolute Gasteiger partial charge is 0.295 e. The molecule has 30 heavy (non-hydrogen) atoms. The molecule has 0 aromatic heterocycles. The van der Waals surface area contributed by atoms with Crippen molar-refractivity contribution in [2.75, 3.05) is 19.8 Å². The first kappa shape index (κ1) is 20.0. The van der Waals surface area contributed by atoms with E-state index < -0.39 is 17.7 Å². The highest BCUT2D eigenvalue weighted by atomic mass is 16.6. The van der Waals surface area contributed by atoms with E-state index in [0.717, 1.165) is 11.1 Å². The second-order valence-corrected chi connectivity index (χ2v) is 7.71. The molecule has 1 saturated heterocycles. The third kappa shape index (κ3) is 3.32. The number of carbonyl (C=O) groups is 2. The molecule has 1 amide bonds. The van der Waals surface area contributed by atoms with Crippen LogP contribution in [-0.2, 0) is 9.59 Å². The fraction of sp³-hybridized carbons (Fsp3) is 0.333. The van der Waals surface area contributed by atoms with Gasteiger partial charge in [0.1, 0.15) is 19.0 Å². The average molecular weight is 407 g/mol. The zero-order valence-electron chi connectivity index (χ0n) is 17.4. The van der Waals surface area contributed by atoms with Crippen molar-refractivity contribution in [1.29, 1.82) is 0 Å². The Morgan fingerprint density at radius 1 is 1.07 bits per heavy atom. The van der Waals surface area contributed by atoms with Gasteiger partial charge in [0.15, 0.2) is 11.5 Å². The molecule has 2 aromatic rings. The molecule has 0 aliphatic carbocycles. The number of likely N-dealkylation sites (tertiary alicyclic amines) is 1. The van der Waals surface area contributed by atoms with Gasteiger partial charge in [-0.25, -0.2) is 0 Å². The SMILES string of the molecule is CCCN1C(=O)C(=O)/C(=C(/O)c2cc(C)ccc2C)C1c1ccc2c(c1)OCCO2. The van der Waals surface area contributed by atoms with Crippen LogP contribution in [0.25, 0.3) is 5.76 Å². The van der Waals surface area contributed by atoms with Crippen molar-refractivity contribution in [1.82, 2.24) is 4.90 Å². The predicted octanol–water partition coefficient (Wildman–Crippen LogP) is 3.91. The van der Waals surface area contributed by atoms with Gasteiger partial charge in [-0.05, 0) is 49.6 Å². The summed E-state index contributed by atoms with van der Waals surface area (Å²) in [5.41, 5.74) is 3.17. The molecule has 0 bridgehead atoms. The van der Waals surface area contributed by atoms with E-state index >= 15 is 0 Å². The topological polar surface area (TPSA) is 76.1 Å². The van der Waals surface area contributed by atoms with Crippen LogP contribution in [0.5, 0.6) is 11.5 Å². The van der Waals surface area contributed by atoms with Crippen molar-refractivity contribution in [2.45, 2.75) is 33.2 Å². The minimum Gasteiger partial charge on any atom is -0.507 e. The quantitative estimate of drug-likeness (QED) is 0.473. The number of hydrogen-bond acceptors (Lipinski definition) is 5. The number of benzene rings is 2. The van der Waals surface area contributed by atoms with Crippen molar-refractivity contribution in [2.24, 2.45) is 0 Å². The van der Waals surface area contributed by atoms with Crippen LogP contribution in [0.15, 0.2) is 42.0 Å². The first-order valence-electron chi connectivity index (χ1n) is 10.2. The lowest BCUT2D eigenvalue weighted by molar-refractivity contribution is -0.139. The van der Waals surface area contributed by atoms with Gasteiger partial charge in [-0.2, -0.15) is 0 Å². The summed E-state index contributed by atoms with van der Waals surface area (Å²) in [6.07, 6.45) is 0.692. The van der Waals surface area contributed by atoms with E-state index in [2.05, 4.69) is 0 Å². The molecule has 1 atom stereocenters. The molecular weight excluding hydrogens is 382 g/mol. The van der Waals surface area contributed by atoms with Crippen molar-refractivity contribution in [3.05, 3.63) is 64.2 Å². The predicted molar refractivity (Wildman–Crippen MR) is 113 cm³/mol. The van der Waals surface area contributed by atoms with Gasteiger partial charge in [0.05, 0.1) is 11.6 Å². The summed E-state index contributed by atoms with van der Waals surface area (Å²) < 4.78 is 11.3. The fourth-order valence-electron chi connectivity index (χ4n) is 4.06. The molecule has 0 saturated carbocycles. The molecule has 6 nitrogen and oxygen atoms in total. The number of nitrogens with zero attached hydrogens (tertiary/aromatic N) is 1. The summed E-state index contributed by atoms with van der Waals surface area (Å²) in [5.74, 6) is -0.196. The lowest BCUT2D eigenvalue weighted by Crippen LogP contribution is -2.30. The highest BCUT2D eigenvalue weighted by Crippen LogP contribution is 2.42. The number of ether oxygens (including phenoxy) is 2. The van der Waals surface area contributed by atoms with Crippen LogP contribution in [0, 0.1) is 13.8 Å². The highest BCUT2D eigenvalue weighted by molar-refractivity contribution is 6.46. The number of fused-ring (bicyclic) bond motifs is 1. The number of ketones is 1. The number of Topliss-reactive ketones (excluding diaryl/α,β-unsaturated/α-hetero) is 1. The Balaban J connectivity index is 1.90. The van der Waals surface area contributed by atoms with E-state index in [4.69, 9.17) is 9.47 Å². The van der Waals surface area contributed by atoms with Crippen molar-refractivity contribution < 1.29 is 24.2 Å². The molecule has 4 rings (SSSR count). The molecule has 0 spiro atoms. The van der Waals surface area contributed by atoms with Crippen LogP contribution in [0.1, 0.15) is 41.6 Å². The summed E-state index contributed by atoms with van der Waals surface area (Å²) in [6.45, 7) is 7.07. The molecule has 156 valence electrons. The van der Waals surface area contributed by atoms with E-state index in [1.807, 2.05) is 45.0 Å². The number of rotatable bonds is 4. The summed E-state index contributed by atoms with van der Waals surface area (Å²) in [6, 6.07) is 10.4. The Hall–Kier alpha value is -3.28. The number of aliphatic hydroxyl groups excluding tert-OH is 1. The van der Waals surface area contributed by atoms with Gasteiger partial charge in [0.25, 0.3) is 11.7 Å². The van der Waals surface area contributed by atoms with Crippen LogP contribution in [0.4, 0.5) is 0 Å². The fourth-order valence-corrected chi connectivity index (χ4v) is 4.06. The molecule has 1 fully saturated rings. The number of aliphatic hydroxyl groups is 1. The maximum absolute atomic E-state index is 13.0. The molecule has 2 aliphatic heterocycles. The van der Waals surface area contributed by atoms with Gasteiger partial charge in [0.2, 0.25) is 0 Å². The first-order valence-corrected chi connectivity index (χ1v) is 10.2. The standard InChI is InChI=1S/C24H25NO5/c1-4-9-25-21(16-7-8-18-19(13-16)30-11-10-29-18)20(23(27)24(25)28)22(26)17-12-14(2)5-6-15(17)3/h5-8,12-13,21,26H,4,9-11H2,1-3H3/b22-20+. The van der Waals surface area contributed by atoms with E-state index in [0.29, 0.717) is 48.8 Å². The largest absolute Gasteiger partial charge is 0.507 e. The minimum atomic E-state index is -0.680. The van der Waals surface area contributed by atoms with Gasteiger partial charge in [-0.3, -0.25) is 9.59 Å². The van der Waals surface area contributed by atoms with E-state index in [9.17, 15) is 14.7 Å². The molecule has 2 aromatic carbocycles. The lowest BCUT2D eigenvalue weighted by Gasteiger charge is -2.26. The van der Waals surface area contributed by atoms with Gasteiger partial charge in [-0.1, -0.05) is 30.7 Å².